The Balaban J connectivity index is 2.84. The SMILES string of the molecule is CC1=C[C@H](C)C(C)(N)C=C1. The van der Waals surface area contributed by atoms with E-state index >= 15 is 0 Å². The van der Waals surface area contributed by atoms with Gasteiger partial charge in [0.1, 0.15) is 0 Å². The van der Waals surface area contributed by atoms with Gasteiger partial charge in [0.05, 0.1) is 0 Å². The molecule has 0 saturated carbocycles. The molecule has 0 aliphatic heterocycles. The highest BCUT2D eigenvalue weighted by molar-refractivity contribution is 5.28. The van der Waals surface area contributed by atoms with Crippen molar-refractivity contribution in [3.8, 4) is 0 Å². The molecule has 0 fully saturated rings. The molecule has 0 aromatic rings. The first-order chi connectivity index (χ1) is 4.52. The van der Waals surface area contributed by atoms with Crippen LogP contribution in [0.15, 0.2) is 23.8 Å². The van der Waals surface area contributed by atoms with Crippen LogP contribution in [-0.2, 0) is 0 Å². The average Bonchev–Trinajstić information content (AvgIpc) is 1.81. The van der Waals surface area contributed by atoms with Gasteiger partial charge in [0, 0.05) is 5.54 Å². The van der Waals surface area contributed by atoms with Crippen molar-refractivity contribution in [3.63, 3.8) is 0 Å². The lowest BCUT2D eigenvalue weighted by Crippen LogP contribution is -2.41. The first kappa shape index (κ1) is 7.55. The van der Waals surface area contributed by atoms with E-state index in [1.807, 2.05) is 0 Å². The molecule has 56 valence electrons. The predicted octanol–water partition coefficient (Wildman–Crippen LogP) is 1.86. The highest BCUT2D eigenvalue weighted by Crippen LogP contribution is 2.23. The van der Waals surface area contributed by atoms with E-state index in [0.29, 0.717) is 5.92 Å². The summed E-state index contributed by atoms with van der Waals surface area (Å²) in [4.78, 5) is 0. The van der Waals surface area contributed by atoms with Gasteiger partial charge in [-0.15, -0.1) is 0 Å². The zero-order valence-corrected chi connectivity index (χ0v) is 6.89. The standard InChI is InChI=1S/C9H15N/c1-7-4-5-9(3,10)8(2)6-7/h4-6,8H,10H2,1-3H3/t8-,9?/m0/s1. The maximum Gasteiger partial charge on any atom is 0.0374 e. The number of hydrogen-bond donors (Lipinski definition) is 1. The highest BCUT2D eigenvalue weighted by atomic mass is 14.7. The fourth-order valence-electron chi connectivity index (χ4n) is 1.09. The van der Waals surface area contributed by atoms with Crippen molar-refractivity contribution in [1.82, 2.24) is 0 Å². The Kier molecular flexibility index (Phi) is 1.69. The van der Waals surface area contributed by atoms with E-state index in [0.717, 1.165) is 0 Å². The van der Waals surface area contributed by atoms with Crippen LogP contribution in [-0.4, -0.2) is 5.54 Å². The van der Waals surface area contributed by atoms with Crippen LogP contribution in [0, 0.1) is 5.92 Å². The summed E-state index contributed by atoms with van der Waals surface area (Å²) in [6.45, 7) is 6.30. The molecule has 0 spiro atoms. The van der Waals surface area contributed by atoms with E-state index in [1.54, 1.807) is 0 Å². The summed E-state index contributed by atoms with van der Waals surface area (Å²) in [7, 11) is 0. The highest BCUT2D eigenvalue weighted by Gasteiger charge is 2.23. The maximum absolute atomic E-state index is 5.95. The Hall–Kier alpha value is -0.560. The Morgan fingerprint density at radius 3 is 2.60 bits per heavy atom. The molecule has 2 atom stereocenters. The second-order valence-corrected chi connectivity index (χ2v) is 3.40. The van der Waals surface area contributed by atoms with Crippen LogP contribution in [0.1, 0.15) is 20.8 Å². The summed E-state index contributed by atoms with van der Waals surface area (Å²) in [5.41, 5.74) is 7.13. The van der Waals surface area contributed by atoms with Crippen LogP contribution in [0.25, 0.3) is 0 Å². The first-order valence-corrected chi connectivity index (χ1v) is 3.69. The van der Waals surface area contributed by atoms with E-state index in [9.17, 15) is 0 Å². The fraction of sp³-hybridized carbons (Fsp3) is 0.556. The minimum absolute atomic E-state index is 0.139. The minimum Gasteiger partial charge on any atom is -0.322 e. The zero-order valence-electron chi connectivity index (χ0n) is 6.89. The number of rotatable bonds is 0. The van der Waals surface area contributed by atoms with Crippen molar-refractivity contribution >= 4 is 0 Å². The van der Waals surface area contributed by atoms with E-state index in [2.05, 4.69) is 39.0 Å². The van der Waals surface area contributed by atoms with Crippen molar-refractivity contribution in [2.45, 2.75) is 26.3 Å². The average molecular weight is 137 g/mol. The van der Waals surface area contributed by atoms with Gasteiger partial charge in [-0.2, -0.15) is 0 Å². The Labute approximate surface area is 62.6 Å². The van der Waals surface area contributed by atoms with Crippen molar-refractivity contribution in [2.75, 3.05) is 0 Å². The smallest absolute Gasteiger partial charge is 0.0374 e. The van der Waals surface area contributed by atoms with Crippen LogP contribution in [0.4, 0.5) is 0 Å². The van der Waals surface area contributed by atoms with E-state index in [-0.39, 0.29) is 5.54 Å². The molecule has 0 heterocycles. The lowest BCUT2D eigenvalue weighted by Gasteiger charge is -2.29. The van der Waals surface area contributed by atoms with Gasteiger partial charge in [-0.3, -0.25) is 0 Å². The summed E-state index contributed by atoms with van der Waals surface area (Å²) in [6.07, 6.45) is 6.37. The molecule has 1 nitrogen and oxygen atoms in total. The summed E-state index contributed by atoms with van der Waals surface area (Å²) in [5, 5.41) is 0. The van der Waals surface area contributed by atoms with E-state index in [1.165, 1.54) is 5.57 Å². The molecule has 0 aromatic heterocycles. The van der Waals surface area contributed by atoms with Crippen LogP contribution < -0.4 is 5.73 Å². The molecule has 0 saturated heterocycles. The number of hydrogen-bond acceptors (Lipinski definition) is 1. The van der Waals surface area contributed by atoms with Crippen LogP contribution in [0.2, 0.25) is 0 Å². The van der Waals surface area contributed by atoms with Crippen molar-refractivity contribution in [1.29, 1.82) is 0 Å². The van der Waals surface area contributed by atoms with Gasteiger partial charge < -0.3 is 5.73 Å². The minimum atomic E-state index is -0.139. The summed E-state index contributed by atoms with van der Waals surface area (Å²) < 4.78 is 0. The van der Waals surface area contributed by atoms with E-state index in [4.69, 9.17) is 5.73 Å². The molecule has 0 aromatic carbocycles. The number of nitrogens with two attached hydrogens (primary N) is 1. The Bertz CT molecular complexity index is 187. The third kappa shape index (κ3) is 1.29. The van der Waals surface area contributed by atoms with Gasteiger partial charge in [0.2, 0.25) is 0 Å². The predicted molar refractivity (Wildman–Crippen MR) is 44.7 cm³/mol. The molecular formula is C9H15N. The second-order valence-electron chi connectivity index (χ2n) is 3.40. The van der Waals surface area contributed by atoms with Crippen molar-refractivity contribution in [2.24, 2.45) is 11.7 Å². The molecule has 1 unspecified atom stereocenters. The molecule has 1 heteroatoms. The van der Waals surface area contributed by atoms with Gasteiger partial charge in [0.25, 0.3) is 0 Å². The zero-order chi connectivity index (χ0) is 7.78. The second kappa shape index (κ2) is 2.24. The Morgan fingerprint density at radius 2 is 2.20 bits per heavy atom. The molecular weight excluding hydrogens is 122 g/mol. The molecule has 1 aliphatic carbocycles. The van der Waals surface area contributed by atoms with Gasteiger partial charge >= 0.3 is 0 Å². The molecule has 0 bridgehead atoms. The molecule has 10 heavy (non-hydrogen) atoms. The van der Waals surface area contributed by atoms with Crippen LogP contribution >= 0.6 is 0 Å². The molecule has 1 rings (SSSR count). The lowest BCUT2D eigenvalue weighted by atomic mass is 9.83. The molecule has 1 aliphatic rings. The molecule has 2 N–H and O–H groups in total. The molecule has 0 radical (unpaired) electrons. The summed E-state index contributed by atoms with van der Waals surface area (Å²) >= 11 is 0. The lowest BCUT2D eigenvalue weighted by molar-refractivity contribution is 0.453. The largest absolute Gasteiger partial charge is 0.322 e. The van der Waals surface area contributed by atoms with Gasteiger partial charge in [-0.1, -0.05) is 30.7 Å². The van der Waals surface area contributed by atoms with Gasteiger partial charge in [-0.25, -0.2) is 0 Å². The maximum atomic E-state index is 5.95. The van der Waals surface area contributed by atoms with Gasteiger partial charge in [0.15, 0.2) is 0 Å². The third-order valence-corrected chi connectivity index (χ3v) is 2.20. The van der Waals surface area contributed by atoms with E-state index < -0.39 is 0 Å². The van der Waals surface area contributed by atoms with Gasteiger partial charge in [-0.05, 0) is 19.8 Å². The van der Waals surface area contributed by atoms with Crippen LogP contribution in [0.5, 0.6) is 0 Å². The topological polar surface area (TPSA) is 26.0 Å². The Morgan fingerprint density at radius 1 is 1.60 bits per heavy atom. The summed E-state index contributed by atoms with van der Waals surface area (Å²) in [6, 6.07) is 0. The van der Waals surface area contributed by atoms with Crippen LogP contribution in [0.3, 0.4) is 0 Å². The molecule has 0 amide bonds. The normalized spacial score (nSPS) is 39.6. The van der Waals surface area contributed by atoms with Crippen molar-refractivity contribution < 1.29 is 0 Å². The summed E-state index contributed by atoms with van der Waals surface area (Å²) in [5.74, 6) is 0.456. The first-order valence-electron chi connectivity index (χ1n) is 3.69. The monoisotopic (exact) mass is 137 g/mol. The number of allylic oxidation sites excluding steroid dienone is 2. The third-order valence-electron chi connectivity index (χ3n) is 2.20. The quantitative estimate of drug-likeness (QED) is 0.542. The van der Waals surface area contributed by atoms with Crippen molar-refractivity contribution in [3.05, 3.63) is 23.8 Å². The fourth-order valence-corrected chi connectivity index (χ4v) is 1.09.